The van der Waals surface area contributed by atoms with Crippen molar-refractivity contribution in [2.75, 3.05) is 44.3 Å². The molecule has 0 spiro atoms. The van der Waals surface area contributed by atoms with Gasteiger partial charge in [0.1, 0.15) is 11.6 Å². The van der Waals surface area contributed by atoms with Gasteiger partial charge >= 0.3 is 5.97 Å². The van der Waals surface area contributed by atoms with Crippen LogP contribution in [0.1, 0.15) is 76.1 Å². The van der Waals surface area contributed by atoms with Gasteiger partial charge < -0.3 is 29.5 Å². The molecule has 47 heavy (non-hydrogen) atoms. The molecule has 2 saturated heterocycles. The Labute approximate surface area is 278 Å². The number of anilines is 1. The number of benzene rings is 2. The molecular weight excluding hydrogens is 597 g/mol. The Kier molecular flexibility index (Phi) is 10.9. The predicted octanol–water partition coefficient (Wildman–Crippen LogP) is 7.12. The lowest BCUT2D eigenvalue weighted by Crippen LogP contribution is -2.44. The number of nitrogens with one attached hydrogen (secondary N) is 1. The van der Waals surface area contributed by atoms with Crippen LogP contribution >= 0.6 is 0 Å². The molecule has 1 atom stereocenters. The van der Waals surface area contributed by atoms with Gasteiger partial charge in [-0.05, 0) is 81.3 Å². The molecular formula is C38H50FN3O5. The molecule has 3 heterocycles. The number of ether oxygens (including phenoxy) is 3. The van der Waals surface area contributed by atoms with Gasteiger partial charge in [0, 0.05) is 55.3 Å². The Bertz CT molecular complexity index is 1500. The summed E-state index contributed by atoms with van der Waals surface area (Å²) in [5.41, 5.74) is 5.16. The average molecular weight is 648 g/mol. The topological polar surface area (TPSA) is 93.1 Å². The normalized spacial score (nSPS) is 17.3. The monoisotopic (exact) mass is 647 g/mol. The number of carbonyl (C=O) groups is 1. The number of aryl methyl sites for hydroxylation is 1. The lowest BCUT2D eigenvalue weighted by atomic mass is 9.81. The number of piperidine rings is 1. The van der Waals surface area contributed by atoms with Crippen LogP contribution in [0.2, 0.25) is 0 Å². The standard InChI is InChI=1S/C38H50FN3O5/c1-25-32(35(36(43)44)47-37(2,3)4)34(42-18-16-38(5,6)17-19-42)33(31(41-25)24-45-23-27-21-40-22-27)28-9-13-30(14-10-28)46-20-15-26-7-11-29(39)12-8-26/h7-14,27,35,40H,15-24H2,1-6H3,(H,43,44). The molecule has 0 saturated carbocycles. The molecule has 1 unspecified atom stereocenters. The average Bonchev–Trinajstić information content (AvgIpc) is 2.98. The Balaban J connectivity index is 1.55. The second kappa shape index (κ2) is 14.7. The van der Waals surface area contributed by atoms with E-state index in [4.69, 9.17) is 19.2 Å². The zero-order valence-corrected chi connectivity index (χ0v) is 28.7. The molecule has 2 N–H and O–H groups in total. The van der Waals surface area contributed by atoms with Crippen LogP contribution in [-0.4, -0.2) is 61.1 Å². The van der Waals surface area contributed by atoms with Gasteiger partial charge in [-0.1, -0.05) is 38.1 Å². The van der Waals surface area contributed by atoms with Gasteiger partial charge in [0.2, 0.25) is 0 Å². The number of nitrogens with zero attached hydrogens (tertiary/aromatic N) is 2. The van der Waals surface area contributed by atoms with Crippen LogP contribution in [0.4, 0.5) is 10.1 Å². The van der Waals surface area contributed by atoms with Crippen molar-refractivity contribution < 1.29 is 28.5 Å². The van der Waals surface area contributed by atoms with E-state index in [0.717, 1.165) is 67.1 Å². The number of hydrogen-bond donors (Lipinski definition) is 2. The molecule has 5 rings (SSSR count). The van der Waals surface area contributed by atoms with Gasteiger partial charge in [-0.15, -0.1) is 0 Å². The molecule has 0 bridgehead atoms. The minimum absolute atomic E-state index is 0.197. The second-order valence-electron chi connectivity index (χ2n) is 14.7. The van der Waals surface area contributed by atoms with E-state index in [1.807, 2.05) is 52.0 Å². The van der Waals surface area contributed by atoms with Crippen molar-refractivity contribution in [3.05, 3.63) is 76.9 Å². The summed E-state index contributed by atoms with van der Waals surface area (Å²) in [6.45, 7) is 17.0. The molecule has 2 aliphatic rings. The van der Waals surface area contributed by atoms with Gasteiger partial charge in [-0.3, -0.25) is 4.98 Å². The van der Waals surface area contributed by atoms with Crippen LogP contribution in [-0.2, 0) is 27.3 Å². The Hall–Kier alpha value is -3.53. The SMILES string of the molecule is Cc1nc(COCC2CNC2)c(-c2ccc(OCCc3ccc(F)cc3)cc2)c(N2CCC(C)(C)CC2)c1C(OC(C)(C)C)C(=O)O. The fourth-order valence-corrected chi connectivity index (χ4v) is 6.18. The molecule has 9 heteroatoms. The number of rotatable bonds is 13. The van der Waals surface area contributed by atoms with Crippen LogP contribution in [0, 0.1) is 24.1 Å². The lowest BCUT2D eigenvalue weighted by molar-refractivity contribution is -0.160. The third-order valence-electron chi connectivity index (χ3n) is 9.04. The molecule has 2 aromatic carbocycles. The highest BCUT2D eigenvalue weighted by molar-refractivity contribution is 5.88. The predicted molar refractivity (Wildman–Crippen MR) is 182 cm³/mol. The fraction of sp³-hybridized carbons (Fsp3) is 0.526. The maximum Gasteiger partial charge on any atom is 0.337 e. The summed E-state index contributed by atoms with van der Waals surface area (Å²) in [6, 6.07) is 14.4. The highest BCUT2D eigenvalue weighted by atomic mass is 19.1. The first-order valence-corrected chi connectivity index (χ1v) is 16.7. The first kappa shape index (κ1) is 34.8. The van der Waals surface area contributed by atoms with Crippen LogP contribution in [0.25, 0.3) is 11.1 Å². The summed E-state index contributed by atoms with van der Waals surface area (Å²) in [5, 5.41) is 13.9. The maximum absolute atomic E-state index is 13.3. The first-order valence-electron chi connectivity index (χ1n) is 16.7. The van der Waals surface area contributed by atoms with Gasteiger partial charge in [0.05, 0.1) is 36.8 Å². The zero-order valence-electron chi connectivity index (χ0n) is 28.7. The third-order valence-corrected chi connectivity index (χ3v) is 9.04. The molecule has 0 radical (unpaired) electrons. The summed E-state index contributed by atoms with van der Waals surface area (Å²) in [5.74, 6) is -0.102. The third kappa shape index (κ3) is 9.09. The van der Waals surface area contributed by atoms with Crippen molar-refractivity contribution in [3.8, 4) is 16.9 Å². The second-order valence-corrected chi connectivity index (χ2v) is 14.7. The van der Waals surface area contributed by atoms with E-state index in [-0.39, 0.29) is 11.2 Å². The van der Waals surface area contributed by atoms with E-state index in [1.54, 1.807) is 12.1 Å². The number of hydrogen-bond acceptors (Lipinski definition) is 7. The van der Waals surface area contributed by atoms with E-state index in [0.29, 0.717) is 49.2 Å². The van der Waals surface area contributed by atoms with E-state index in [2.05, 4.69) is 24.1 Å². The minimum atomic E-state index is -1.20. The highest BCUT2D eigenvalue weighted by Gasteiger charge is 2.37. The van der Waals surface area contributed by atoms with Crippen molar-refractivity contribution in [2.45, 2.75) is 79.1 Å². The molecule has 2 aliphatic heterocycles. The largest absolute Gasteiger partial charge is 0.493 e. The summed E-state index contributed by atoms with van der Waals surface area (Å²) >= 11 is 0. The quantitative estimate of drug-likeness (QED) is 0.203. The van der Waals surface area contributed by atoms with Crippen LogP contribution in [0.3, 0.4) is 0 Å². The number of halogens is 1. The summed E-state index contributed by atoms with van der Waals surface area (Å²) in [4.78, 5) is 20.3. The van der Waals surface area contributed by atoms with Crippen LogP contribution in [0.15, 0.2) is 48.5 Å². The molecule has 2 fully saturated rings. The maximum atomic E-state index is 13.3. The first-order chi connectivity index (χ1) is 22.3. The molecule has 3 aromatic rings. The summed E-state index contributed by atoms with van der Waals surface area (Å²) < 4.78 is 31.9. The number of aromatic nitrogens is 1. The summed E-state index contributed by atoms with van der Waals surface area (Å²) in [6.07, 6.45) is 1.42. The van der Waals surface area contributed by atoms with E-state index in [1.165, 1.54) is 12.1 Å². The van der Waals surface area contributed by atoms with Crippen molar-refractivity contribution in [3.63, 3.8) is 0 Å². The van der Waals surface area contributed by atoms with E-state index >= 15 is 0 Å². The number of pyridine rings is 1. The highest BCUT2D eigenvalue weighted by Crippen LogP contribution is 2.45. The molecule has 0 aliphatic carbocycles. The Morgan fingerprint density at radius 1 is 1.09 bits per heavy atom. The number of carboxylic acid groups (broad SMARTS) is 1. The molecule has 1 aromatic heterocycles. The smallest absolute Gasteiger partial charge is 0.337 e. The van der Waals surface area contributed by atoms with Gasteiger partial charge in [0.25, 0.3) is 0 Å². The van der Waals surface area contributed by atoms with E-state index in [9.17, 15) is 14.3 Å². The summed E-state index contributed by atoms with van der Waals surface area (Å²) in [7, 11) is 0. The van der Waals surface area contributed by atoms with Crippen molar-refractivity contribution >= 4 is 11.7 Å². The number of aliphatic carboxylic acids is 1. The molecule has 254 valence electrons. The number of carboxylic acids is 1. The minimum Gasteiger partial charge on any atom is -0.493 e. The van der Waals surface area contributed by atoms with Gasteiger partial charge in [-0.2, -0.15) is 0 Å². The van der Waals surface area contributed by atoms with Gasteiger partial charge in [-0.25, -0.2) is 9.18 Å². The van der Waals surface area contributed by atoms with Crippen molar-refractivity contribution in [1.82, 2.24) is 10.3 Å². The zero-order chi connectivity index (χ0) is 33.8. The molecule has 0 amide bonds. The van der Waals surface area contributed by atoms with E-state index < -0.39 is 17.7 Å². The Morgan fingerprint density at radius 2 is 1.74 bits per heavy atom. The van der Waals surface area contributed by atoms with Crippen LogP contribution < -0.4 is 15.0 Å². The van der Waals surface area contributed by atoms with Gasteiger partial charge in [0.15, 0.2) is 6.10 Å². The van der Waals surface area contributed by atoms with Crippen molar-refractivity contribution in [1.29, 1.82) is 0 Å². The Morgan fingerprint density at radius 3 is 2.32 bits per heavy atom. The lowest BCUT2D eigenvalue weighted by Gasteiger charge is -2.41. The fourth-order valence-electron chi connectivity index (χ4n) is 6.18. The van der Waals surface area contributed by atoms with Crippen molar-refractivity contribution in [2.24, 2.45) is 11.3 Å². The molecule has 8 nitrogen and oxygen atoms in total. The van der Waals surface area contributed by atoms with Crippen LogP contribution in [0.5, 0.6) is 5.75 Å².